The first-order chi connectivity index (χ1) is 4.77. The highest BCUT2D eigenvalue weighted by Gasteiger charge is 2.43. The Balaban J connectivity index is 2.01. The number of rotatable bonds is 1. The van der Waals surface area contributed by atoms with E-state index in [9.17, 15) is 4.79 Å². The minimum Gasteiger partial charge on any atom is -0.459 e. The molecule has 0 radical (unpaired) electrons. The molecule has 2 aliphatic heterocycles. The molecule has 0 aliphatic carbocycles. The monoisotopic (exact) mass is 142 g/mol. The van der Waals surface area contributed by atoms with Crippen LogP contribution >= 0.6 is 0 Å². The third-order valence-corrected chi connectivity index (χ3v) is 2.04. The maximum atomic E-state index is 10.7. The van der Waals surface area contributed by atoms with E-state index < -0.39 is 0 Å². The molecule has 0 bridgehead atoms. The maximum absolute atomic E-state index is 10.7. The Hall–Kier alpha value is -0.570. The van der Waals surface area contributed by atoms with Crippen LogP contribution in [0.25, 0.3) is 0 Å². The van der Waals surface area contributed by atoms with Gasteiger partial charge in [-0.25, -0.2) is 0 Å². The van der Waals surface area contributed by atoms with Crippen molar-refractivity contribution in [2.24, 2.45) is 5.92 Å². The zero-order valence-corrected chi connectivity index (χ0v) is 5.87. The van der Waals surface area contributed by atoms with Crippen molar-refractivity contribution in [2.45, 2.75) is 25.6 Å². The van der Waals surface area contributed by atoms with Crippen molar-refractivity contribution in [2.75, 3.05) is 6.61 Å². The first kappa shape index (κ1) is 6.16. The summed E-state index contributed by atoms with van der Waals surface area (Å²) in [7, 11) is 0. The van der Waals surface area contributed by atoms with Crippen molar-refractivity contribution >= 4 is 5.97 Å². The number of esters is 1. The lowest BCUT2D eigenvalue weighted by Gasteiger charge is -2.08. The van der Waals surface area contributed by atoms with Crippen molar-refractivity contribution < 1.29 is 14.3 Å². The lowest BCUT2D eigenvalue weighted by Crippen LogP contribution is -2.20. The number of hydrogen-bond acceptors (Lipinski definition) is 3. The van der Waals surface area contributed by atoms with Crippen LogP contribution in [-0.2, 0) is 14.3 Å². The van der Waals surface area contributed by atoms with Gasteiger partial charge in [0.05, 0.1) is 13.0 Å². The fourth-order valence-corrected chi connectivity index (χ4v) is 1.38. The smallest absolute Gasteiger partial charge is 0.306 e. The second-order valence-electron chi connectivity index (χ2n) is 3.01. The fraction of sp³-hybridized carbons (Fsp3) is 0.857. The highest BCUT2D eigenvalue weighted by molar-refractivity contribution is 5.72. The summed E-state index contributed by atoms with van der Waals surface area (Å²) in [5, 5.41) is 0. The molecule has 2 saturated heterocycles. The Labute approximate surface area is 59.3 Å². The van der Waals surface area contributed by atoms with E-state index in [0.29, 0.717) is 12.3 Å². The molecular weight excluding hydrogens is 132 g/mol. The molecule has 56 valence electrons. The van der Waals surface area contributed by atoms with E-state index >= 15 is 0 Å². The van der Waals surface area contributed by atoms with Crippen LogP contribution < -0.4 is 0 Å². The van der Waals surface area contributed by atoms with E-state index in [0.717, 1.165) is 6.61 Å². The van der Waals surface area contributed by atoms with Crippen LogP contribution in [0.5, 0.6) is 0 Å². The molecule has 2 fully saturated rings. The maximum Gasteiger partial charge on any atom is 0.306 e. The summed E-state index contributed by atoms with van der Waals surface area (Å²) in [4.78, 5) is 10.7. The van der Waals surface area contributed by atoms with Gasteiger partial charge in [0, 0.05) is 5.92 Å². The van der Waals surface area contributed by atoms with Crippen LogP contribution in [0.4, 0.5) is 0 Å². The SMILES string of the molecule is C[C@H]1CC(=O)O[C@@H]1[C@@H]1CO1. The number of carbonyl (C=O) groups excluding carboxylic acids is 1. The average Bonchev–Trinajstić information content (AvgIpc) is 2.61. The Morgan fingerprint density at radius 2 is 2.30 bits per heavy atom. The van der Waals surface area contributed by atoms with Crippen LogP contribution in [-0.4, -0.2) is 24.8 Å². The quantitative estimate of drug-likeness (QED) is 0.391. The van der Waals surface area contributed by atoms with Gasteiger partial charge in [-0.15, -0.1) is 0 Å². The van der Waals surface area contributed by atoms with Gasteiger partial charge in [0.2, 0.25) is 0 Å². The van der Waals surface area contributed by atoms with E-state index in [1.807, 2.05) is 6.92 Å². The number of carbonyl (C=O) groups is 1. The minimum absolute atomic E-state index is 0.0486. The van der Waals surface area contributed by atoms with Crippen LogP contribution in [0.3, 0.4) is 0 Å². The summed E-state index contributed by atoms with van der Waals surface area (Å²) in [6.07, 6.45) is 0.818. The molecule has 3 atom stereocenters. The fourth-order valence-electron chi connectivity index (χ4n) is 1.38. The molecule has 2 rings (SSSR count). The predicted molar refractivity (Wildman–Crippen MR) is 33.4 cm³/mol. The zero-order chi connectivity index (χ0) is 7.14. The van der Waals surface area contributed by atoms with Gasteiger partial charge in [0.15, 0.2) is 0 Å². The molecule has 0 amide bonds. The van der Waals surface area contributed by atoms with Crippen LogP contribution in [0.15, 0.2) is 0 Å². The number of ether oxygens (including phenoxy) is 2. The van der Waals surface area contributed by atoms with Crippen LogP contribution in [0, 0.1) is 5.92 Å². The number of epoxide rings is 1. The molecule has 0 N–H and O–H groups in total. The second-order valence-corrected chi connectivity index (χ2v) is 3.01. The van der Waals surface area contributed by atoms with Gasteiger partial charge in [-0.2, -0.15) is 0 Å². The Morgan fingerprint density at radius 1 is 1.60 bits per heavy atom. The summed E-state index contributed by atoms with van der Waals surface area (Å²) in [6.45, 7) is 2.79. The van der Waals surface area contributed by atoms with Crippen molar-refractivity contribution in [1.82, 2.24) is 0 Å². The summed E-state index contributed by atoms with van der Waals surface area (Å²) in [6, 6.07) is 0. The summed E-state index contributed by atoms with van der Waals surface area (Å²) < 4.78 is 10.1. The van der Waals surface area contributed by atoms with Crippen molar-refractivity contribution in [3.63, 3.8) is 0 Å². The molecular formula is C7H10O3. The lowest BCUT2D eigenvalue weighted by atomic mass is 10.0. The topological polar surface area (TPSA) is 38.8 Å². The normalized spacial score (nSPS) is 45.3. The van der Waals surface area contributed by atoms with Gasteiger partial charge in [0.1, 0.15) is 12.2 Å². The Morgan fingerprint density at radius 3 is 2.70 bits per heavy atom. The van der Waals surface area contributed by atoms with Gasteiger partial charge in [-0.1, -0.05) is 6.92 Å². The first-order valence-corrected chi connectivity index (χ1v) is 3.58. The van der Waals surface area contributed by atoms with E-state index in [4.69, 9.17) is 9.47 Å². The average molecular weight is 142 g/mol. The highest BCUT2D eigenvalue weighted by atomic mass is 16.6. The molecule has 3 nitrogen and oxygen atoms in total. The van der Waals surface area contributed by atoms with Gasteiger partial charge in [-0.05, 0) is 0 Å². The Bertz CT molecular complexity index is 162. The van der Waals surface area contributed by atoms with Gasteiger partial charge in [0.25, 0.3) is 0 Å². The minimum atomic E-state index is -0.0759. The zero-order valence-electron chi connectivity index (χ0n) is 5.87. The van der Waals surface area contributed by atoms with Crippen LogP contribution in [0.2, 0.25) is 0 Å². The van der Waals surface area contributed by atoms with Gasteiger partial charge in [-0.3, -0.25) is 4.79 Å². The first-order valence-electron chi connectivity index (χ1n) is 3.58. The van der Waals surface area contributed by atoms with E-state index in [1.54, 1.807) is 0 Å². The standard InChI is InChI=1S/C7H10O3/c1-4-2-6(8)10-7(4)5-3-9-5/h4-5,7H,2-3H2,1H3/t4-,5-,7-/m0/s1. The second kappa shape index (κ2) is 1.95. The number of cyclic esters (lactones) is 1. The largest absolute Gasteiger partial charge is 0.459 e. The van der Waals surface area contributed by atoms with E-state index in [2.05, 4.69) is 0 Å². The molecule has 0 spiro atoms. The molecule has 3 heteroatoms. The molecule has 0 aromatic carbocycles. The summed E-state index contributed by atoms with van der Waals surface area (Å²) in [5.41, 5.74) is 0. The Kier molecular flexibility index (Phi) is 1.20. The van der Waals surface area contributed by atoms with Gasteiger partial charge >= 0.3 is 5.97 Å². The third-order valence-electron chi connectivity index (χ3n) is 2.04. The number of hydrogen-bond donors (Lipinski definition) is 0. The van der Waals surface area contributed by atoms with Crippen molar-refractivity contribution in [1.29, 1.82) is 0 Å². The van der Waals surface area contributed by atoms with E-state index in [1.165, 1.54) is 0 Å². The molecule has 10 heavy (non-hydrogen) atoms. The van der Waals surface area contributed by atoms with Crippen molar-refractivity contribution in [3.8, 4) is 0 Å². The van der Waals surface area contributed by atoms with E-state index in [-0.39, 0.29) is 18.2 Å². The summed E-state index contributed by atoms with van der Waals surface area (Å²) in [5.74, 6) is 0.271. The molecule has 0 aromatic heterocycles. The van der Waals surface area contributed by atoms with Gasteiger partial charge < -0.3 is 9.47 Å². The lowest BCUT2D eigenvalue weighted by molar-refractivity contribution is -0.142. The van der Waals surface area contributed by atoms with Crippen LogP contribution in [0.1, 0.15) is 13.3 Å². The predicted octanol–water partition coefficient (Wildman–Crippen LogP) is 0.337. The molecule has 2 aliphatic rings. The molecule has 2 heterocycles. The molecule has 0 aromatic rings. The van der Waals surface area contributed by atoms with Crippen molar-refractivity contribution in [3.05, 3.63) is 0 Å². The molecule has 0 unspecified atom stereocenters. The third kappa shape index (κ3) is 0.904. The highest BCUT2D eigenvalue weighted by Crippen LogP contribution is 2.30. The summed E-state index contributed by atoms with van der Waals surface area (Å²) >= 11 is 0. The molecule has 0 saturated carbocycles.